The van der Waals surface area contributed by atoms with Crippen molar-refractivity contribution in [2.45, 2.75) is 25.5 Å². The highest BCUT2D eigenvalue weighted by Gasteiger charge is 2.27. The number of hydrogen-bond acceptors (Lipinski definition) is 4. The number of nitrogens with zero attached hydrogens (tertiary/aromatic N) is 3. The van der Waals surface area contributed by atoms with Gasteiger partial charge in [-0.25, -0.2) is 4.68 Å². The van der Waals surface area contributed by atoms with Crippen LogP contribution in [0, 0.1) is 5.92 Å². The van der Waals surface area contributed by atoms with E-state index >= 15 is 0 Å². The van der Waals surface area contributed by atoms with E-state index in [4.69, 9.17) is 5.11 Å². The Hall–Kier alpha value is -1.43. The largest absolute Gasteiger partial charge is 0.393 e. The molecule has 1 aromatic heterocycles. The highest BCUT2D eigenvalue weighted by Crippen LogP contribution is 2.25. The summed E-state index contributed by atoms with van der Waals surface area (Å²) in [4.78, 5) is 11.4. The Morgan fingerprint density at radius 3 is 3.00 bits per heavy atom. The monoisotopic (exact) mass is 210 g/mol. The topological polar surface area (TPSA) is 80.0 Å². The zero-order valence-corrected chi connectivity index (χ0v) is 8.33. The van der Waals surface area contributed by atoms with Crippen LogP contribution in [0.25, 0.3) is 0 Å². The average Bonchev–Trinajstić information content (AvgIpc) is 2.63. The molecule has 1 fully saturated rings. The highest BCUT2D eigenvalue weighted by atomic mass is 16.3. The molecule has 1 saturated carbocycles. The van der Waals surface area contributed by atoms with E-state index < -0.39 is 0 Å². The summed E-state index contributed by atoms with van der Waals surface area (Å²) in [6.45, 7) is 0.847. The standard InChI is InChI=1S/C9H14N4O2/c14-8-3-7(4-8)5-10-9(15)6-13-2-1-11-12-13/h1-2,7-8,14H,3-6H2,(H,10,15). The van der Waals surface area contributed by atoms with Gasteiger partial charge in [-0.1, -0.05) is 5.21 Å². The van der Waals surface area contributed by atoms with Gasteiger partial charge in [-0.2, -0.15) is 0 Å². The summed E-state index contributed by atoms with van der Waals surface area (Å²) in [6, 6.07) is 0. The molecule has 1 aromatic rings. The van der Waals surface area contributed by atoms with E-state index in [-0.39, 0.29) is 18.6 Å². The minimum atomic E-state index is -0.165. The molecule has 0 spiro atoms. The molecule has 0 atom stereocenters. The van der Waals surface area contributed by atoms with Crippen LogP contribution in [-0.4, -0.2) is 38.7 Å². The molecule has 0 aliphatic heterocycles. The van der Waals surface area contributed by atoms with E-state index in [0.29, 0.717) is 12.5 Å². The zero-order chi connectivity index (χ0) is 10.7. The number of carbonyl (C=O) groups excluding carboxylic acids is 1. The second-order valence-electron chi connectivity index (χ2n) is 3.90. The lowest BCUT2D eigenvalue weighted by molar-refractivity contribution is -0.122. The third-order valence-electron chi connectivity index (χ3n) is 2.58. The fourth-order valence-electron chi connectivity index (χ4n) is 1.65. The minimum Gasteiger partial charge on any atom is -0.393 e. The van der Waals surface area contributed by atoms with Crippen molar-refractivity contribution in [2.24, 2.45) is 5.92 Å². The first-order valence-electron chi connectivity index (χ1n) is 5.03. The molecule has 0 aromatic carbocycles. The zero-order valence-electron chi connectivity index (χ0n) is 8.33. The summed E-state index contributed by atoms with van der Waals surface area (Å²) in [5, 5.41) is 19.2. The SMILES string of the molecule is O=C(Cn1ccnn1)NCC1CC(O)C1. The van der Waals surface area contributed by atoms with Crippen LogP contribution in [0.1, 0.15) is 12.8 Å². The van der Waals surface area contributed by atoms with Crippen LogP contribution in [-0.2, 0) is 11.3 Å². The Morgan fingerprint density at radius 2 is 2.40 bits per heavy atom. The Labute approximate surface area is 87.3 Å². The van der Waals surface area contributed by atoms with E-state index in [0.717, 1.165) is 12.8 Å². The molecule has 0 unspecified atom stereocenters. The molecular formula is C9H14N4O2. The molecule has 0 bridgehead atoms. The normalized spacial score (nSPS) is 24.6. The Kier molecular flexibility index (Phi) is 2.96. The van der Waals surface area contributed by atoms with Crippen molar-refractivity contribution in [3.8, 4) is 0 Å². The first-order chi connectivity index (χ1) is 7.24. The molecule has 1 aliphatic carbocycles. The maximum Gasteiger partial charge on any atom is 0.241 e. The van der Waals surface area contributed by atoms with Crippen LogP contribution in [0.3, 0.4) is 0 Å². The van der Waals surface area contributed by atoms with Crippen molar-refractivity contribution in [3.05, 3.63) is 12.4 Å². The number of aliphatic hydroxyl groups is 1. The Bertz CT molecular complexity index is 319. The molecule has 15 heavy (non-hydrogen) atoms. The predicted octanol–water partition coefficient (Wildman–Crippen LogP) is -0.835. The number of nitrogens with one attached hydrogen (secondary N) is 1. The molecule has 0 saturated heterocycles. The van der Waals surface area contributed by atoms with Gasteiger partial charge < -0.3 is 10.4 Å². The van der Waals surface area contributed by atoms with Crippen molar-refractivity contribution in [2.75, 3.05) is 6.54 Å². The van der Waals surface area contributed by atoms with Crippen LogP contribution in [0.15, 0.2) is 12.4 Å². The highest BCUT2D eigenvalue weighted by molar-refractivity contribution is 5.75. The van der Waals surface area contributed by atoms with Crippen molar-refractivity contribution >= 4 is 5.91 Å². The van der Waals surface area contributed by atoms with Crippen LogP contribution >= 0.6 is 0 Å². The van der Waals surface area contributed by atoms with Gasteiger partial charge in [0.1, 0.15) is 6.54 Å². The van der Waals surface area contributed by atoms with Gasteiger partial charge in [0.15, 0.2) is 0 Å². The summed E-state index contributed by atoms with van der Waals surface area (Å²) in [6.07, 6.45) is 4.61. The van der Waals surface area contributed by atoms with Crippen molar-refractivity contribution in [1.82, 2.24) is 20.3 Å². The number of hydrogen-bond donors (Lipinski definition) is 2. The molecule has 82 valence electrons. The summed E-state index contributed by atoms with van der Waals surface area (Å²) in [7, 11) is 0. The van der Waals surface area contributed by atoms with E-state index in [1.807, 2.05) is 0 Å². The van der Waals surface area contributed by atoms with E-state index in [1.54, 1.807) is 6.20 Å². The van der Waals surface area contributed by atoms with E-state index in [2.05, 4.69) is 15.6 Å². The maximum absolute atomic E-state index is 11.4. The van der Waals surface area contributed by atoms with Gasteiger partial charge in [-0.3, -0.25) is 4.79 Å². The second-order valence-corrected chi connectivity index (χ2v) is 3.90. The lowest BCUT2D eigenvalue weighted by Crippen LogP contribution is -2.39. The fourth-order valence-corrected chi connectivity index (χ4v) is 1.65. The van der Waals surface area contributed by atoms with Crippen molar-refractivity contribution < 1.29 is 9.90 Å². The van der Waals surface area contributed by atoms with Crippen molar-refractivity contribution in [1.29, 1.82) is 0 Å². The maximum atomic E-state index is 11.4. The molecule has 1 heterocycles. The molecular weight excluding hydrogens is 196 g/mol. The summed E-state index contributed by atoms with van der Waals surface area (Å²) >= 11 is 0. The number of aliphatic hydroxyl groups excluding tert-OH is 1. The van der Waals surface area contributed by atoms with Gasteiger partial charge in [0, 0.05) is 12.7 Å². The smallest absolute Gasteiger partial charge is 0.241 e. The third kappa shape index (κ3) is 2.76. The van der Waals surface area contributed by atoms with Crippen LogP contribution in [0.5, 0.6) is 0 Å². The average molecular weight is 210 g/mol. The number of carbonyl (C=O) groups is 1. The molecule has 6 nitrogen and oxygen atoms in total. The van der Waals surface area contributed by atoms with Crippen molar-refractivity contribution in [3.63, 3.8) is 0 Å². The number of amides is 1. The van der Waals surface area contributed by atoms with E-state index in [1.165, 1.54) is 10.9 Å². The molecule has 6 heteroatoms. The summed E-state index contributed by atoms with van der Waals surface area (Å²) in [5.41, 5.74) is 0. The van der Waals surface area contributed by atoms with Gasteiger partial charge in [-0.15, -0.1) is 5.10 Å². The summed E-state index contributed by atoms with van der Waals surface area (Å²) in [5.74, 6) is 0.363. The summed E-state index contributed by atoms with van der Waals surface area (Å²) < 4.78 is 1.48. The molecule has 0 radical (unpaired) electrons. The Balaban J connectivity index is 1.65. The van der Waals surface area contributed by atoms with Crippen LogP contribution in [0.2, 0.25) is 0 Å². The van der Waals surface area contributed by atoms with Crippen LogP contribution < -0.4 is 5.32 Å². The second kappa shape index (κ2) is 4.39. The van der Waals surface area contributed by atoms with Crippen LogP contribution in [0.4, 0.5) is 0 Å². The molecule has 2 N–H and O–H groups in total. The Morgan fingerprint density at radius 1 is 1.60 bits per heavy atom. The molecule has 1 aliphatic rings. The van der Waals surface area contributed by atoms with Gasteiger partial charge in [0.2, 0.25) is 5.91 Å². The lowest BCUT2D eigenvalue weighted by atomic mass is 9.82. The third-order valence-corrected chi connectivity index (χ3v) is 2.58. The van der Waals surface area contributed by atoms with Gasteiger partial charge in [-0.05, 0) is 18.8 Å². The fraction of sp³-hybridized carbons (Fsp3) is 0.667. The quantitative estimate of drug-likeness (QED) is 0.679. The van der Waals surface area contributed by atoms with Gasteiger partial charge in [0.05, 0.1) is 12.3 Å². The van der Waals surface area contributed by atoms with E-state index in [9.17, 15) is 4.79 Å². The first-order valence-corrected chi connectivity index (χ1v) is 5.03. The molecule has 2 rings (SSSR count). The molecule has 1 amide bonds. The lowest BCUT2D eigenvalue weighted by Gasteiger charge is -2.31. The minimum absolute atomic E-state index is 0.0677. The first kappa shape index (κ1) is 10.1. The number of aromatic nitrogens is 3. The number of rotatable bonds is 4. The predicted molar refractivity (Wildman–Crippen MR) is 51.8 cm³/mol. The van der Waals surface area contributed by atoms with Gasteiger partial charge in [0.25, 0.3) is 0 Å². The van der Waals surface area contributed by atoms with Gasteiger partial charge >= 0.3 is 0 Å².